The molecule has 3 unspecified atom stereocenters. The van der Waals surface area contributed by atoms with Crippen molar-refractivity contribution in [2.24, 2.45) is 23.7 Å². The standard InChI is InChI=1S/C26H36N2O5S/c1-7-33-25(32)19-18-11-16(6)26(34-18)20(19)24(31)28(17(12-29)13(2)3)22(26)23(30)27-21-14(4)9-8-10-15(21)5/h8-10,13,16-20,22,29H,7,11-12H2,1-6H3,(H,27,30)/t16?,17-,18-,19+,20-,22?,26?/m0/s1. The molecule has 3 aliphatic heterocycles. The molecule has 1 aromatic carbocycles. The van der Waals surface area contributed by atoms with E-state index in [1.165, 1.54) is 0 Å². The summed E-state index contributed by atoms with van der Waals surface area (Å²) in [5, 5.41) is 13.4. The quantitative estimate of drug-likeness (QED) is 0.573. The van der Waals surface area contributed by atoms with Crippen LogP contribution in [-0.2, 0) is 19.1 Å². The molecule has 1 aromatic rings. The van der Waals surface area contributed by atoms with Crippen LogP contribution in [0.25, 0.3) is 0 Å². The van der Waals surface area contributed by atoms with Crippen molar-refractivity contribution >= 4 is 35.2 Å². The maximum Gasteiger partial charge on any atom is 0.310 e. The first-order chi connectivity index (χ1) is 16.1. The van der Waals surface area contributed by atoms with Crippen LogP contribution < -0.4 is 5.32 Å². The van der Waals surface area contributed by atoms with Crippen LogP contribution in [0.3, 0.4) is 0 Å². The van der Waals surface area contributed by atoms with Gasteiger partial charge in [-0.25, -0.2) is 0 Å². The number of hydrogen-bond acceptors (Lipinski definition) is 6. The molecule has 3 heterocycles. The second-order valence-corrected chi connectivity index (χ2v) is 11.8. The second kappa shape index (κ2) is 9.19. The van der Waals surface area contributed by atoms with E-state index >= 15 is 0 Å². The number of nitrogens with one attached hydrogen (secondary N) is 1. The van der Waals surface area contributed by atoms with Crippen molar-refractivity contribution in [3.05, 3.63) is 29.3 Å². The Morgan fingerprint density at radius 2 is 1.94 bits per heavy atom. The lowest BCUT2D eigenvalue weighted by atomic mass is 9.66. The van der Waals surface area contributed by atoms with E-state index in [9.17, 15) is 19.5 Å². The number of fused-ring (bicyclic) bond motifs is 1. The van der Waals surface area contributed by atoms with Gasteiger partial charge in [-0.2, -0.15) is 0 Å². The van der Waals surface area contributed by atoms with Crippen molar-refractivity contribution < 1.29 is 24.2 Å². The molecule has 186 valence electrons. The van der Waals surface area contributed by atoms with Gasteiger partial charge >= 0.3 is 5.97 Å². The fourth-order valence-electron chi connectivity index (χ4n) is 6.45. The molecule has 4 rings (SSSR count). The van der Waals surface area contributed by atoms with Crippen molar-refractivity contribution in [3.8, 4) is 0 Å². The zero-order valence-electron chi connectivity index (χ0n) is 20.8. The van der Waals surface area contributed by atoms with Crippen LogP contribution in [0.2, 0.25) is 0 Å². The minimum atomic E-state index is -0.784. The summed E-state index contributed by atoms with van der Waals surface area (Å²) in [6, 6.07) is 4.54. The molecule has 2 N–H and O–H groups in total. The molecule has 34 heavy (non-hydrogen) atoms. The molecule has 0 saturated carbocycles. The Labute approximate surface area is 206 Å². The van der Waals surface area contributed by atoms with Gasteiger partial charge in [-0.05, 0) is 50.2 Å². The number of anilines is 1. The maximum atomic E-state index is 14.1. The molecular weight excluding hydrogens is 452 g/mol. The zero-order chi connectivity index (χ0) is 24.9. The van der Waals surface area contributed by atoms with Gasteiger partial charge in [0.15, 0.2) is 0 Å². The molecule has 0 aliphatic carbocycles. The number of ether oxygens (including phenoxy) is 1. The first-order valence-electron chi connectivity index (χ1n) is 12.2. The molecule has 3 fully saturated rings. The van der Waals surface area contributed by atoms with Crippen LogP contribution in [0, 0.1) is 37.5 Å². The van der Waals surface area contributed by atoms with Gasteiger partial charge in [0.2, 0.25) is 11.8 Å². The highest BCUT2D eigenvalue weighted by Crippen LogP contribution is 2.69. The Balaban J connectivity index is 1.82. The summed E-state index contributed by atoms with van der Waals surface area (Å²) >= 11 is 1.62. The smallest absolute Gasteiger partial charge is 0.310 e. The van der Waals surface area contributed by atoms with Gasteiger partial charge < -0.3 is 20.1 Å². The Kier molecular flexibility index (Phi) is 6.77. The van der Waals surface area contributed by atoms with Crippen molar-refractivity contribution in [1.82, 2.24) is 4.90 Å². The summed E-state index contributed by atoms with van der Waals surface area (Å²) in [7, 11) is 0. The number of thioether (sulfide) groups is 1. The highest BCUT2D eigenvalue weighted by Gasteiger charge is 2.77. The minimum absolute atomic E-state index is 0.0488. The molecule has 1 spiro atoms. The lowest BCUT2D eigenvalue weighted by Gasteiger charge is -2.40. The minimum Gasteiger partial charge on any atom is -0.466 e. The lowest BCUT2D eigenvalue weighted by molar-refractivity contribution is -0.154. The van der Waals surface area contributed by atoms with Gasteiger partial charge in [0.25, 0.3) is 0 Å². The summed E-state index contributed by atoms with van der Waals surface area (Å²) in [6.07, 6.45) is 0.754. The van der Waals surface area contributed by atoms with Crippen LogP contribution >= 0.6 is 11.8 Å². The van der Waals surface area contributed by atoms with E-state index in [0.29, 0.717) is 0 Å². The molecule has 7 nitrogen and oxygen atoms in total. The SMILES string of the molecule is CCOC(=O)[C@@H]1[C@@H]2CC(C)C3(S2)C(C(=O)Nc2c(C)cccc2C)N([C@@H](CO)C(C)C)C(=O)[C@H]13. The fourth-order valence-corrected chi connectivity index (χ4v) is 8.84. The van der Waals surface area contributed by atoms with E-state index in [2.05, 4.69) is 12.2 Å². The molecule has 0 aromatic heterocycles. The van der Waals surface area contributed by atoms with Crippen LogP contribution in [-0.4, -0.2) is 63.1 Å². The van der Waals surface area contributed by atoms with E-state index in [4.69, 9.17) is 4.74 Å². The third-order valence-corrected chi connectivity index (χ3v) is 10.1. The normalized spacial score (nSPS) is 32.8. The van der Waals surface area contributed by atoms with Gasteiger partial charge in [-0.15, -0.1) is 11.8 Å². The predicted octanol–water partition coefficient (Wildman–Crippen LogP) is 3.16. The summed E-state index contributed by atoms with van der Waals surface area (Å²) in [4.78, 5) is 42.7. The second-order valence-electron chi connectivity index (χ2n) is 10.3. The molecule has 3 saturated heterocycles. The number of esters is 1. The van der Waals surface area contributed by atoms with E-state index in [1.807, 2.05) is 45.9 Å². The highest BCUT2D eigenvalue weighted by atomic mass is 32.2. The third kappa shape index (κ3) is 3.56. The number of amides is 2. The van der Waals surface area contributed by atoms with Gasteiger partial charge in [-0.1, -0.05) is 39.0 Å². The van der Waals surface area contributed by atoms with Crippen molar-refractivity contribution in [3.63, 3.8) is 0 Å². The number of aliphatic hydroxyl groups is 1. The Hall–Kier alpha value is -2.06. The van der Waals surface area contributed by atoms with E-state index in [1.54, 1.807) is 23.6 Å². The van der Waals surface area contributed by atoms with Crippen molar-refractivity contribution in [2.75, 3.05) is 18.5 Å². The average Bonchev–Trinajstić information content (AvgIpc) is 3.35. The summed E-state index contributed by atoms with van der Waals surface area (Å²) in [5.74, 6) is -2.02. The summed E-state index contributed by atoms with van der Waals surface area (Å²) in [5.41, 5.74) is 2.64. The number of aliphatic hydroxyl groups excluding tert-OH is 1. The largest absolute Gasteiger partial charge is 0.466 e. The fraction of sp³-hybridized carbons (Fsp3) is 0.654. The van der Waals surface area contributed by atoms with Crippen LogP contribution in [0.15, 0.2) is 18.2 Å². The zero-order valence-corrected chi connectivity index (χ0v) is 21.6. The molecule has 8 heteroatoms. The molecular formula is C26H36N2O5S. The number of para-hydroxylation sites is 1. The number of carbonyl (C=O) groups excluding carboxylic acids is 3. The van der Waals surface area contributed by atoms with Crippen molar-refractivity contribution in [1.29, 1.82) is 0 Å². The molecule has 7 atom stereocenters. The first kappa shape index (κ1) is 25.0. The maximum absolute atomic E-state index is 14.1. The summed E-state index contributed by atoms with van der Waals surface area (Å²) < 4.78 is 4.65. The van der Waals surface area contributed by atoms with Crippen LogP contribution in [0.1, 0.15) is 45.2 Å². The number of benzene rings is 1. The number of aryl methyl sites for hydroxylation is 2. The van der Waals surface area contributed by atoms with E-state index in [0.717, 1.165) is 23.2 Å². The van der Waals surface area contributed by atoms with E-state index in [-0.39, 0.29) is 48.1 Å². The number of rotatable bonds is 7. The Morgan fingerprint density at radius 1 is 1.29 bits per heavy atom. The monoisotopic (exact) mass is 488 g/mol. The first-order valence-corrected chi connectivity index (χ1v) is 13.1. The molecule has 3 aliphatic rings. The van der Waals surface area contributed by atoms with Crippen LogP contribution in [0.4, 0.5) is 5.69 Å². The van der Waals surface area contributed by atoms with Crippen molar-refractivity contribution in [2.45, 2.75) is 70.0 Å². The summed E-state index contributed by atoms with van der Waals surface area (Å²) in [6.45, 7) is 11.6. The van der Waals surface area contributed by atoms with E-state index < -0.39 is 28.7 Å². The average molecular weight is 489 g/mol. The highest BCUT2D eigenvalue weighted by molar-refractivity contribution is 8.02. The number of hydrogen-bond donors (Lipinski definition) is 2. The van der Waals surface area contributed by atoms with Gasteiger partial charge in [0.1, 0.15) is 6.04 Å². The Morgan fingerprint density at radius 3 is 2.50 bits per heavy atom. The van der Waals surface area contributed by atoms with Gasteiger partial charge in [-0.3, -0.25) is 14.4 Å². The molecule has 2 amide bonds. The number of nitrogens with zero attached hydrogens (tertiary/aromatic N) is 1. The molecule has 0 radical (unpaired) electrons. The predicted molar refractivity (Wildman–Crippen MR) is 132 cm³/mol. The topological polar surface area (TPSA) is 95.9 Å². The number of likely N-dealkylation sites (tertiary alicyclic amines) is 1. The van der Waals surface area contributed by atoms with Crippen LogP contribution in [0.5, 0.6) is 0 Å². The van der Waals surface area contributed by atoms with Gasteiger partial charge in [0, 0.05) is 10.9 Å². The third-order valence-electron chi connectivity index (χ3n) is 8.03. The number of carbonyl (C=O) groups is 3. The Bertz CT molecular complexity index is 977. The lowest BCUT2D eigenvalue weighted by Crippen LogP contribution is -2.57. The molecule has 2 bridgehead atoms. The van der Waals surface area contributed by atoms with Gasteiger partial charge in [0.05, 0.1) is 35.8 Å².